The standard InChI is InChI=1S/C12H18N2O2/c1-3-10(2)14-12(15)13-9-16-11-7-5-4-6-8-11/h4-8,10H,3,9H2,1-2H3,(H2,13,14,15). The van der Waals surface area contributed by atoms with E-state index in [2.05, 4.69) is 10.6 Å². The van der Waals surface area contributed by atoms with Crippen molar-refractivity contribution >= 4 is 6.03 Å². The summed E-state index contributed by atoms with van der Waals surface area (Å²) in [6.07, 6.45) is 0.910. The fraction of sp³-hybridized carbons (Fsp3) is 0.417. The van der Waals surface area contributed by atoms with Crippen LogP contribution in [-0.4, -0.2) is 18.8 Å². The SMILES string of the molecule is CCC(C)NC(=O)NCOc1ccccc1. The highest BCUT2D eigenvalue weighted by Crippen LogP contribution is 2.06. The summed E-state index contributed by atoms with van der Waals surface area (Å²) in [5.41, 5.74) is 0. The molecule has 0 aliphatic rings. The maximum atomic E-state index is 11.3. The first-order valence-electron chi connectivity index (χ1n) is 5.44. The maximum absolute atomic E-state index is 11.3. The number of amides is 2. The normalized spacial score (nSPS) is 11.6. The molecule has 0 fully saturated rings. The number of hydrogen-bond acceptors (Lipinski definition) is 2. The number of rotatable bonds is 5. The van der Waals surface area contributed by atoms with Crippen molar-refractivity contribution in [1.29, 1.82) is 0 Å². The van der Waals surface area contributed by atoms with Crippen LogP contribution >= 0.6 is 0 Å². The molecule has 0 saturated heterocycles. The van der Waals surface area contributed by atoms with Gasteiger partial charge in [-0.05, 0) is 25.5 Å². The van der Waals surface area contributed by atoms with Crippen molar-refractivity contribution in [3.8, 4) is 5.75 Å². The predicted molar refractivity (Wildman–Crippen MR) is 63.4 cm³/mol. The monoisotopic (exact) mass is 222 g/mol. The van der Waals surface area contributed by atoms with Gasteiger partial charge in [0.1, 0.15) is 5.75 Å². The molecule has 0 aromatic heterocycles. The van der Waals surface area contributed by atoms with Gasteiger partial charge in [-0.15, -0.1) is 0 Å². The van der Waals surface area contributed by atoms with Crippen LogP contribution in [0, 0.1) is 0 Å². The largest absolute Gasteiger partial charge is 0.473 e. The molecular weight excluding hydrogens is 204 g/mol. The third-order valence-corrected chi connectivity index (χ3v) is 2.20. The fourth-order valence-electron chi connectivity index (χ4n) is 1.08. The van der Waals surface area contributed by atoms with Crippen molar-refractivity contribution in [1.82, 2.24) is 10.6 Å². The van der Waals surface area contributed by atoms with E-state index >= 15 is 0 Å². The topological polar surface area (TPSA) is 50.4 Å². The summed E-state index contributed by atoms with van der Waals surface area (Å²) in [7, 11) is 0. The number of urea groups is 1. The minimum Gasteiger partial charge on any atom is -0.473 e. The van der Waals surface area contributed by atoms with Crippen LogP contribution in [-0.2, 0) is 0 Å². The van der Waals surface area contributed by atoms with Crippen molar-refractivity contribution in [2.45, 2.75) is 26.3 Å². The quantitative estimate of drug-likeness (QED) is 0.750. The van der Waals surface area contributed by atoms with Crippen LogP contribution in [0.15, 0.2) is 30.3 Å². The average molecular weight is 222 g/mol. The molecule has 0 saturated carbocycles. The molecular formula is C12H18N2O2. The Kier molecular flexibility index (Phi) is 5.19. The Balaban J connectivity index is 2.18. The third kappa shape index (κ3) is 4.68. The smallest absolute Gasteiger partial charge is 0.317 e. The van der Waals surface area contributed by atoms with Gasteiger partial charge in [0, 0.05) is 6.04 Å². The van der Waals surface area contributed by atoms with Crippen LogP contribution in [0.1, 0.15) is 20.3 Å². The minimum atomic E-state index is -0.203. The zero-order valence-electron chi connectivity index (χ0n) is 9.69. The lowest BCUT2D eigenvalue weighted by atomic mass is 10.3. The van der Waals surface area contributed by atoms with Crippen LogP contribution in [0.2, 0.25) is 0 Å². The van der Waals surface area contributed by atoms with E-state index in [1.165, 1.54) is 0 Å². The number of hydrogen-bond donors (Lipinski definition) is 2. The molecule has 0 radical (unpaired) electrons. The third-order valence-electron chi connectivity index (χ3n) is 2.20. The molecule has 1 aromatic rings. The second kappa shape index (κ2) is 6.71. The molecule has 0 heterocycles. The van der Waals surface area contributed by atoms with E-state index in [1.54, 1.807) is 0 Å². The Bertz CT molecular complexity index is 314. The van der Waals surface area contributed by atoms with Crippen LogP contribution in [0.4, 0.5) is 4.79 Å². The van der Waals surface area contributed by atoms with Crippen LogP contribution in [0.5, 0.6) is 5.75 Å². The van der Waals surface area contributed by atoms with Gasteiger partial charge in [-0.2, -0.15) is 0 Å². The summed E-state index contributed by atoms with van der Waals surface area (Å²) in [4.78, 5) is 11.3. The zero-order valence-corrected chi connectivity index (χ0v) is 9.69. The highest BCUT2D eigenvalue weighted by molar-refractivity contribution is 5.73. The summed E-state index contributed by atoms with van der Waals surface area (Å²) >= 11 is 0. The fourth-order valence-corrected chi connectivity index (χ4v) is 1.08. The lowest BCUT2D eigenvalue weighted by molar-refractivity contribution is 0.221. The number of para-hydroxylation sites is 1. The Morgan fingerprint density at radius 3 is 2.69 bits per heavy atom. The van der Waals surface area contributed by atoms with Gasteiger partial charge in [0.15, 0.2) is 6.73 Å². The van der Waals surface area contributed by atoms with E-state index in [1.807, 2.05) is 44.2 Å². The van der Waals surface area contributed by atoms with Gasteiger partial charge in [0.05, 0.1) is 0 Å². The van der Waals surface area contributed by atoms with Crippen molar-refractivity contribution in [3.63, 3.8) is 0 Å². The molecule has 0 aliphatic carbocycles. The summed E-state index contributed by atoms with van der Waals surface area (Å²) in [5.74, 6) is 0.742. The minimum absolute atomic E-state index is 0.173. The van der Waals surface area contributed by atoms with Crippen LogP contribution in [0.3, 0.4) is 0 Å². The van der Waals surface area contributed by atoms with E-state index in [9.17, 15) is 4.79 Å². The van der Waals surface area contributed by atoms with Gasteiger partial charge in [0.2, 0.25) is 0 Å². The molecule has 1 atom stereocenters. The van der Waals surface area contributed by atoms with E-state index in [0.717, 1.165) is 12.2 Å². The molecule has 0 spiro atoms. The van der Waals surface area contributed by atoms with Gasteiger partial charge in [0.25, 0.3) is 0 Å². The molecule has 16 heavy (non-hydrogen) atoms. The van der Waals surface area contributed by atoms with E-state index in [-0.39, 0.29) is 18.8 Å². The number of nitrogens with one attached hydrogen (secondary N) is 2. The maximum Gasteiger partial charge on any atom is 0.317 e. The van der Waals surface area contributed by atoms with E-state index in [0.29, 0.717) is 0 Å². The molecule has 2 N–H and O–H groups in total. The molecule has 0 aliphatic heterocycles. The van der Waals surface area contributed by atoms with Gasteiger partial charge >= 0.3 is 6.03 Å². The lowest BCUT2D eigenvalue weighted by Crippen LogP contribution is -2.41. The number of benzene rings is 1. The highest BCUT2D eigenvalue weighted by atomic mass is 16.5. The van der Waals surface area contributed by atoms with Crippen molar-refractivity contribution in [2.75, 3.05) is 6.73 Å². The summed E-state index contributed by atoms with van der Waals surface area (Å²) < 4.78 is 5.32. The molecule has 1 aromatic carbocycles. The van der Waals surface area contributed by atoms with Crippen LogP contribution in [0.25, 0.3) is 0 Å². The number of ether oxygens (including phenoxy) is 1. The molecule has 1 rings (SSSR count). The molecule has 1 unspecified atom stereocenters. The van der Waals surface area contributed by atoms with Crippen LogP contribution < -0.4 is 15.4 Å². The van der Waals surface area contributed by atoms with E-state index in [4.69, 9.17) is 4.74 Å². The van der Waals surface area contributed by atoms with Crippen molar-refractivity contribution in [3.05, 3.63) is 30.3 Å². The summed E-state index contributed by atoms with van der Waals surface area (Å²) in [6, 6.07) is 9.34. The van der Waals surface area contributed by atoms with Gasteiger partial charge in [-0.1, -0.05) is 25.1 Å². The average Bonchev–Trinajstić information content (AvgIpc) is 2.30. The van der Waals surface area contributed by atoms with Gasteiger partial charge in [-0.25, -0.2) is 4.79 Å². The number of carbonyl (C=O) groups is 1. The van der Waals surface area contributed by atoms with Crippen molar-refractivity contribution < 1.29 is 9.53 Å². The van der Waals surface area contributed by atoms with Crippen molar-refractivity contribution in [2.24, 2.45) is 0 Å². The lowest BCUT2D eigenvalue weighted by Gasteiger charge is -2.12. The molecule has 0 bridgehead atoms. The Hall–Kier alpha value is -1.71. The van der Waals surface area contributed by atoms with Gasteiger partial charge in [-0.3, -0.25) is 0 Å². The van der Waals surface area contributed by atoms with E-state index < -0.39 is 0 Å². The molecule has 2 amide bonds. The highest BCUT2D eigenvalue weighted by Gasteiger charge is 2.03. The molecule has 4 heteroatoms. The molecule has 4 nitrogen and oxygen atoms in total. The first-order valence-corrected chi connectivity index (χ1v) is 5.44. The second-order valence-corrected chi connectivity index (χ2v) is 3.56. The predicted octanol–water partition coefficient (Wildman–Crippen LogP) is 2.12. The summed E-state index contributed by atoms with van der Waals surface area (Å²) in [6.45, 7) is 4.15. The first-order chi connectivity index (χ1) is 7.72. The Labute approximate surface area is 96.0 Å². The summed E-state index contributed by atoms with van der Waals surface area (Å²) in [5, 5.41) is 5.41. The Morgan fingerprint density at radius 2 is 2.06 bits per heavy atom. The second-order valence-electron chi connectivity index (χ2n) is 3.56. The first kappa shape index (κ1) is 12.4. The zero-order chi connectivity index (χ0) is 11.8. The number of carbonyl (C=O) groups excluding carboxylic acids is 1. The molecule has 88 valence electrons. The Morgan fingerprint density at radius 1 is 1.38 bits per heavy atom. The van der Waals surface area contributed by atoms with Gasteiger partial charge < -0.3 is 15.4 Å².